The molecule has 1 aromatic heterocycles. The van der Waals surface area contributed by atoms with Gasteiger partial charge in [-0.05, 0) is 19.9 Å². The van der Waals surface area contributed by atoms with Gasteiger partial charge in [0.2, 0.25) is 0 Å². The molecule has 1 heterocycles. The van der Waals surface area contributed by atoms with Gasteiger partial charge >= 0.3 is 0 Å². The fourth-order valence-corrected chi connectivity index (χ4v) is 2.11. The van der Waals surface area contributed by atoms with Crippen molar-refractivity contribution < 1.29 is 4.74 Å². The lowest BCUT2D eigenvalue weighted by Crippen LogP contribution is -2.37. The molecule has 0 atom stereocenters. The molecule has 2 N–H and O–H groups in total. The first-order valence-electron chi connectivity index (χ1n) is 7.65. The molecule has 0 aliphatic carbocycles. The third-order valence-corrected chi connectivity index (χ3v) is 3.54. The van der Waals surface area contributed by atoms with Crippen LogP contribution in [0.25, 0.3) is 0 Å². The lowest BCUT2D eigenvalue weighted by Gasteiger charge is -2.14. The molecule has 1 aromatic carbocycles. The van der Waals surface area contributed by atoms with Crippen molar-refractivity contribution in [2.45, 2.75) is 26.9 Å². The van der Waals surface area contributed by atoms with Crippen LogP contribution < -0.4 is 15.4 Å². The third-order valence-electron chi connectivity index (χ3n) is 3.54. The summed E-state index contributed by atoms with van der Waals surface area (Å²) in [5.41, 5.74) is 1.09. The number of para-hydroxylation sites is 1. The van der Waals surface area contributed by atoms with Gasteiger partial charge in [0.1, 0.15) is 11.6 Å². The lowest BCUT2D eigenvalue weighted by atomic mass is 10.2. The van der Waals surface area contributed by atoms with E-state index in [2.05, 4.69) is 25.8 Å². The Bertz CT molecular complexity index is 664. The maximum Gasteiger partial charge on any atom is 0.191 e. The third kappa shape index (κ3) is 4.45. The molecular weight excluding hydrogens is 292 g/mol. The van der Waals surface area contributed by atoms with Crippen molar-refractivity contribution in [1.29, 1.82) is 0 Å². The van der Waals surface area contributed by atoms with Gasteiger partial charge in [-0.25, -0.2) is 0 Å². The van der Waals surface area contributed by atoms with Crippen LogP contribution in [-0.2, 0) is 20.1 Å². The number of benzene rings is 1. The Morgan fingerprint density at radius 2 is 1.96 bits per heavy atom. The van der Waals surface area contributed by atoms with Crippen LogP contribution in [0.4, 0.5) is 0 Å². The van der Waals surface area contributed by atoms with Crippen LogP contribution in [0.2, 0.25) is 0 Å². The Morgan fingerprint density at radius 3 is 2.61 bits per heavy atom. The molecule has 124 valence electrons. The summed E-state index contributed by atoms with van der Waals surface area (Å²) in [6.07, 6.45) is 0. The number of aliphatic imine (C=N–C) groups is 1. The normalized spacial score (nSPS) is 11.4. The first-order chi connectivity index (χ1) is 11.2. The highest BCUT2D eigenvalue weighted by molar-refractivity contribution is 5.79. The summed E-state index contributed by atoms with van der Waals surface area (Å²) >= 11 is 0. The molecule has 0 bridgehead atoms. The van der Waals surface area contributed by atoms with Crippen molar-refractivity contribution in [2.75, 3.05) is 13.7 Å². The van der Waals surface area contributed by atoms with Gasteiger partial charge in [-0.2, -0.15) is 0 Å². The Hall–Kier alpha value is -2.57. The van der Waals surface area contributed by atoms with E-state index in [0.717, 1.165) is 23.0 Å². The van der Waals surface area contributed by atoms with Gasteiger partial charge < -0.3 is 19.9 Å². The highest BCUT2D eigenvalue weighted by Crippen LogP contribution is 2.17. The highest BCUT2D eigenvalue weighted by Gasteiger charge is 2.07. The fourth-order valence-electron chi connectivity index (χ4n) is 2.11. The van der Waals surface area contributed by atoms with Gasteiger partial charge in [0.25, 0.3) is 0 Å². The minimum Gasteiger partial charge on any atom is -0.494 e. The zero-order valence-corrected chi connectivity index (χ0v) is 14.1. The van der Waals surface area contributed by atoms with Gasteiger partial charge in [0.15, 0.2) is 11.8 Å². The second-order valence-corrected chi connectivity index (χ2v) is 5.04. The molecule has 2 rings (SSSR count). The van der Waals surface area contributed by atoms with E-state index in [1.54, 1.807) is 7.05 Å². The summed E-state index contributed by atoms with van der Waals surface area (Å²) in [6.45, 7) is 5.75. The van der Waals surface area contributed by atoms with Crippen LogP contribution in [0, 0.1) is 6.92 Å². The van der Waals surface area contributed by atoms with Gasteiger partial charge in [-0.1, -0.05) is 18.2 Å². The van der Waals surface area contributed by atoms with Crippen molar-refractivity contribution >= 4 is 5.96 Å². The predicted octanol–water partition coefficient (Wildman–Crippen LogP) is 1.39. The minimum atomic E-state index is 0.560. The average molecular weight is 316 g/mol. The Morgan fingerprint density at radius 1 is 1.22 bits per heavy atom. The zero-order valence-electron chi connectivity index (χ0n) is 14.1. The Labute approximate surface area is 136 Å². The van der Waals surface area contributed by atoms with Gasteiger partial charge in [0, 0.05) is 26.2 Å². The monoisotopic (exact) mass is 316 g/mol. The van der Waals surface area contributed by atoms with Crippen LogP contribution in [0.5, 0.6) is 5.75 Å². The molecule has 23 heavy (non-hydrogen) atoms. The van der Waals surface area contributed by atoms with E-state index in [0.29, 0.717) is 25.7 Å². The average Bonchev–Trinajstić information content (AvgIpc) is 2.88. The summed E-state index contributed by atoms with van der Waals surface area (Å²) < 4.78 is 7.58. The molecule has 0 aliphatic heterocycles. The molecule has 0 fully saturated rings. The summed E-state index contributed by atoms with van der Waals surface area (Å²) in [5.74, 6) is 3.34. The smallest absolute Gasteiger partial charge is 0.191 e. The van der Waals surface area contributed by atoms with E-state index in [4.69, 9.17) is 4.74 Å². The van der Waals surface area contributed by atoms with Crippen molar-refractivity contribution in [2.24, 2.45) is 12.0 Å². The molecule has 0 saturated carbocycles. The van der Waals surface area contributed by atoms with Crippen molar-refractivity contribution in [3.05, 3.63) is 41.5 Å². The highest BCUT2D eigenvalue weighted by atomic mass is 16.5. The Kier molecular flexibility index (Phi) is 5.96. The molecular formula is C16H24N6O. The number of hydrogen-bond acceptors (Lipinski definition) is 4. The van der Waals surface area contributed by atoms with Crippen molar-refractivity contribution in [3.63, 3.8) is 0 Å². The maximum absolute atomic E-state index is 5.63. The van der Waals surface area contributed by atoms with Gasteiger partial charge in [-0.3, -0.25) is 4.99 Å². The molecule has 0 saturated heterocycles. The summed E-state index contributed by atoms with van der Waals surface area (Å²) in [4.78, 5) is 4.23. The second-order valence-electron chi connectivity index (χ2n) is 5.04. The van der Waals surface area contributed by atoms with Crippen LogP contribution in [0.15, 0.2) is 29.3 Å². The summed E-state index contributed by atoms with van der Waals surface area (Å²) in [6, 6.07) is 7.98. The van der Waals surface area contributed by atoms with Crippen LogP contribution in [0.1, 0.15) is 24.1 Å². The fraction of sp³-hybridized carbons (Fsp3) is 0.438. The quantitative estimate of drug-likeness (QED) is 0.622. The van der Waals surface area contributed by atoms with E-state index in [1.807, 2.05) is 49.7 Å². The van der Waals surface area contributed by atoms with Gasteiger partial charge in [0.05, 0.1) is 13.2 Å². The molecule has 0 amide bonds. The SMILES string of the molecule is CCOc1ccccc1CNC(=NC)NCc1nnc(C)n1C. The number of rotatable bonds is 6. The Balaban J connectivity index is 1.92. The number of aromatic nitrogens is 3. The molecule has 0 unspecified atom stereocenters. The number of guanidine groups is 1. The number of hydrogen-bond donors (Lipinski definition) is 2. The largest absolute Gasteiger partial charge is 0.494 e. The molecule has 7 heteroatoms. The van der Waals surface area contributed by atoms with Gasteiger partial charge in [-0.15, -0.1) is 10.2 Å². The maximum atomic E-state index is 5.63. The number of nitrogens with zero attached hydrogens (tertiary/aromatic N) is 4. The lowest BCUT2D eigenvalue weighted by molar-refractivity contribution is 0.336. The predicted molar refractivity (Wildman–Crippen MR) is 90.4 cm³/mol. The number of ether oxygens (including phenoxy) is 1. The molecule has 0 radical (unpaired) electrons. The van der Waals surface area contributed by atoms with E-state index in [1.165, 1.54) is 0 Å². The van der Waals surface area contributed by atoms with Crippen LogP contribution >= 0.6 is 0 Å². The zero-order chi connectivity index (χ0) is 16.7. The van der Waals surface area contributed by atoms with E-state index >= 15 is 0 Å². The summed E-state index contributed by atoms with van der Waals surface area (Å²) in [7, 11) is 3.69. The second kappa shape index (κ2) is 8.17. The first kappa shape index (κ1) is 16.8. The molecule has 0 spiro atoms. The van der Waals surface area contributed by atoms with Crippen LogP contribution in [-0.4, -0.2) is 34.4 Å². The molecule has 0 aliphatic rings. The van der Waals surface area contributed by atoms with E-state index in [-0.39, 0.29) is 0 Å². The minimum absolute atomic E-state index is 0.560. The number of nitrogens with one attached hydrogen (secondary N) is 2. The number of aryl methyl sites for hydroxylation is 1. The molecule has 2 aromatic rings. The van der Waals surface area contributed by atoms with Crippen molar-refractivity contribution in [3.8, 4) is 5.75 Å². The van der Waals surface area contributed by atoms with E-state index in [9.17, 15) is 0 Å². The van der Waals surface area contributed by atoms with E-state index < -0.39 is 0 Å². The topological polar surface area (TPSA) is 76.4 Å². The van der Waals surface area contributed by atoms with Crippen LogP contribution in [0.3, 0.4) is 0 Å². The van der Waals surface area contributed by atoms with Crippen molar-refractivity contribution in [1.82, 2.24) is 25.4 Å². The standard InChI is InChI=1S/C16H24N6O/c1-5-23-14-9-7-6-8-13(14)10-18-16(17-3)19-11-15-21-20-12(2)22(15)4/h6-9H,5,10-11H2,1-4H3,(H2,17,18,19). The first-order valence-corrected chi connectivity index (χ1v) is 7.65. The summed E-state index contributed by atoms with van der Waals surface area (Å²) in [5, 5.41) is 14.7. The molecule has 7 nitrogen and oxygen atoms in total.